The second-order valence-corrected chi connectivity index (χ2v) is 17.2. The molecule has 0 saturated carbocycles. The molecular weight excluding hydrogens is 254 g/mol. The van der Waals surface area contributed by atoms with Crippen LogP contribution in [0.5, 0.6) is 0 Å². The summed E-state index contributed by atoms with van der Waals surface area (Å²) >= 11 is 0. The molecule has 0 spiro atoms. The van der Waals surface area contributed by atoms with E-state index in [0.29, 0.717) is 0 Å². The van der Waals surface area contributed by atoms with Crippen LogP contribution < -0.4 is 10.4 Å². The Morgan fingerprint density at radius 1 is 0.889 bits per heavy atom. The van der Waals surface area contributed by atoms with Gasteiger partial charge in [-0.25, -0.2) is 0 Å². The molecule has 0 amide bonds. The van der Waals surface area contributed by atoms with Gasteiger partial charge in [-0.15, -0.1) is 0 Å². The number of rotatable bonds is 2. The molecule has 2 rings (SSSR count). The summed E-state index contributed by atoms with van der Waals surface area (Å²) in [6, 6.07) is 6.52. The standard InChI is InChI=1S/C14H23NOSi2/c1-17(2,3)13-9-11-7-8-15(16)12(11)10-14(13)18(4,5)6/h7-10,16H,1-6H3. The highest BCUT2D eigenvalue weighted by molar-refractivity contribution is 6.98. The number of hydrogen-bond acceptors (Lipinski definition) is 1. The van der Waals surface area contributed by atoms with Crippen LogP contribution >= 0.6 is 0 Å². The van der Waals surface area contributed by atoms with E-state index in [1.165, 1.54) is 9.92 Å². The summed E-state index contributed by atoms with van der Waals surface area (Å²) in [7, 11) is -2.74. The molecule has 18 heavy (non-hydrogen) atoms. The van der Waals surface area contributed by atoms with Crippen molar-refractivity contribution in [2.24, 2.45) is 0 Å². The van der Waals surface area contributed by atoms with E-state index in [0.717, 1.165) is 10.9 Å². The van der Waals surface area contributed by atoms with Crippen LogP contribution in [0.15, 0.2) is 24.4 Å². The normalized spacial score (nSPS) is 13.2. The predicted octanol–water partition coefficient (Wildman–Crippen LogP) is 2.97. The van der Waals surface area contributed by atoms with Crippen LogP contribution in [0, 0.1) is 0 Å². The molecular formula is C14H23NOSi2. The second-order valence-electron chi connectivity index (χ2n) is 7.12. The van der Waals surface area contributed by atoms with Crippen LogP contribution in [0.1, 0.15) is 0 Å². The van der Waals surface area contributed by atoms with E-state index in [4.69, 9.17) is 0 Å². The molecule has 1 heterocycles. The van der Waals surface area contributed by atoms with Gasteiger partial charge in [0.2, 0.25) is 0 Å². The first kappa shape index (κ1) is 13.4. The molecule has 1 aromatic carbocycles. The van der Waals surface area contributed by atoms with Crippen LogP contribution in [-0.2, 0) is 0 Å². The van der Waals surface area contributed by atoms with E-state index in [1.807, 2.05) is 6.07 Å². The van der Waals surface area contributed by atoms with E-state index >= 15 is 0 Å². The van der Waals surface area contributed by atoms with E-state index in [2.05, 4.69) is 51.4 Å². The first-order valence-corrected chi connectivity index (χ1v) is 13.5. The molecule has 0 unspecified atom stereocenters. The maximum absolute atomic E-state index is 9.84. The Balaban J connectivity index is 2.82. The Bertz CT molecular complexity index is 588. The summed E-state index contributed by atoms with van der Waals surface area (Å²) in [4.78, 5) is 0. The maximum Gasteiger partial charge on any atom is 0.0864 e. The van der Waals surface area contributed by atoms with Gasteiger partial charge in [-0.05, 0) is 12.1 Å². The summed E-state index contributed by atoms with van der Waals surface area (Å²) in [5.74, 6) is 0. The zero-order valence-corrected chi connectivity index (χ0v) is 14.2. The first-order chi connectivity index (χ1) is 8.10. The minimum absolute atomic E-state index is 0.939. The molecule has 1 N–H and O–H groups in total. The quantitative estimate of drug-likeness (QED) is 0.662. The van der Waals surface area contributed by atoms with Crippen molar-refractivity contribution in [3.8, 4) is 0 Å². The SMILES string of the molecule is C[Si](C)(C)c1cc2ccn(O)c2cc1[Si](C)(C)C. The lowest BCUT2D eigenvalue weighted by Crippen LogP contribution is -2.56. The summed E-state index contributed by atoms with van der Waals surface area (Å²) in [5, 5.41) is 14.0. The van der Waals surface area contributed by atoms with Gasteiger partial charge in [0.05, 0.1) is 21.7 Å². The maximum atomic E-state index is 9.84. The average Bonchev–Trinajstić information content (AvgIpc) is 2.56. The Labute approximate surface area is 111 Å². The van der Waals surface area contributed by atoms with Crippen molar-refractivity contribution in [3.63, 3.8) is 0 Å². The van der Waals surface area contributed by atoms with Crippen LogP contribution in [0.2, 0.25) is 39.3 Å². The minimum atomic E-state index is -1.39. The topological polar surface area (TPSA) is 25.2 Å². The molecule has 0 fully saturated rings. The van der Waals surface area contributed by atoms with Crippen molar-refractivity contribution in [1.29, 1.82) is 0 Å². The Hall–Kier alpha value is -1.01. The van der Waals surface area contributed by atoms with Crippen LogP contribution in [0.4, 0.5) is 0 Å². The van der Waals surface area contributed by atoms with Crippen molar-refractivity contribution < 1.29 is 5.21 Å². The van der Waals surface area contributed by atoms with E-state index < -0.39 is 16.1 Å². The van der Waals surface area contributed by atoms with Gasteiger partial charge in [0.15, 0.2) is 0 Å². The molecule has 0 aliphatic rings. The third-order valence-corrected chi connectivity index (χ3v) is 7.73. The van der Waals surface area contributed by atoms with E-state index in [-0.39, 0.29) is 0 Å². The highest BCUT2D eigenvalue weighted by Crippen LogP contribution is 2.16. The number of aromatic nitrogens is 1. The molecule has 0 aliphatic carbocycles. The fourth-order valence-corrected chi connectivity index (χ4v) is 7.58. The largest absolute Gasteiger partial charge is 0.428 e. The summed E-state index contributed by atoms with van der Waals surface area (Å²) in [5.41, 5.74) is 0.939. The van der Waals surface area contributed by atoms with Gasteiger partial charge < -0.3 is 5.21 Å². The fraction of sp³-hybridized carbons (Fsp3) is 0.429. The number of hydrogen-bond donors (Lipinski definition) is 1. The molecule has 4 heteroatoms. The highest BCUT2D eigenvalue weighted by atomic mass is 28.3. The van der Waals surface area contributed by atoms with Gasteiger partial charge in [-0.3, -0.25) is 0 Å². The molecule has 0 radical (unpaired) electrons. The zero-order chi connectivity index (χ0) is 13.7. The predicted molar refractivity (Wildman–Crippen MR) is 85.1 cm³/mol. The monoisotopic (exact) mass is 277 g/mol. The van der Waals surface area contributed by atoms with Gasteiger partial charge in [0.1, 0.15) is 0 Å². The van der Waals surface area contributed by atoms with Gasteiger partial charge in [0.25, 0.3) is 0 Å². The summed E-state index contributed by atoms with van der Waals surface area (Å²) < 4.78 is 1.24. The lowest BCUT2D eigenvalue weighted by Gasteiger charge is -2.28. The Kier molecular flexibility index (Phi) is 2.98. The minimum Gasteiger partial charge on any atom is -0.428 e. The third kappa shape index (κ3) is 2.27. The molecule has 0 aliphatic heterocycles. The molecule has 0 atom stereocenters. The third-order valence-electron chi connectivity index (χ3n) is 3.42. The molecule has 2 aromatic rings. The van der Waals surface area contributed by atoms with Crippen LogP contribution in [0.25, 0.3) is 10.9 Å². The van der Waals surface area contributed by atoms with Gasteiger partial charge in [-0.2, -0.15) is 4.73 Å². The molecule has 1 aromatic heterocycles. The number of nitrogens with zero attached hydrogens (tertiary/aromatic N) is 1. The smallest absolute Gasteiger partial charge is 0.0864 e. The molecule has 0 bridgehead atoms. The summed E-state index contributed by atoms with van der Waals surface area (Å²) in [6.45, 7) is 14.3. The van der Waals surface area contributed by atoms with Gasteiger partial charge >= 0.3 is 0 Å². The lowest BCUT2D eigenvalue weighted by molar-refractivity contribution is 0.200. The van der Waals surface area contributed by atoms with Gasteiger partial charge in [0, 0.05) is 11.6 Å². The molecule has 0 saturated heterocycles. The van der Waals surface area contributed by atoms with E-state index in [1.54, 1.807) is 11.4 Å². The summed E-state index contributed by atoms with van der Waals surface area (Å²) in [6.07, 6.45) is 1.73. The second kappa shape index (κ2) is 4.00. The van der Waals surface area contributed by atoms with Crippen molar-refractivity contribution in [2.75, 3.05) is 0 Å². The zero-order valence-electron chi connectivity index (χ0n) is 12.2. The average molecular weight is 278 g/mol. The lowest BCUT2D eigenvalue weighted by atomic mass is 10.2. The molecule has 98 valence electrons. The van der Waals surface area contributed by atoms with Crippen molar-refractivity contribution >= 4 is 37.4 Å². The fourth-order valence-electron chi connectivity index (χ4n) is 2.41. The van der Waals surface area contributed by atoms with Gasteiger partial charge in [-0.1, -0.05) is 55.7 Å². The highest BCUT2D eigenvalue weighted by Gasteiger charge is 2.28. The van der Waals surface area contributed by atoms with E-state index in [9.17, 15) is 5.21 Å². The Morgan fingerprint density at radius 3 is 1.89 bits per heavy atom. The Morgan fingerprint density at radius 2 is 1.39 bits per heavy atom. The molecule has 2 nitrogen and oxygen atoms in total. The van der Waals surface area contributed by atoms with Crippen LogP contribution in [0.3, 0.4) is 0 Å². The number of fused-ring (bicyclic) bond motifs is 1. The van der Waals surface area contributed by atoms with Crippen molar-refractivity contribution in [3.05, 3.63) is 24.4 Å². The van der Waals surface area contributed by atoms with Crippen molar-refractivity contribution in [2.45, 2.75) is 39.3 Å². The number of benzene rings is 1. The van der Waals surface area contributed by atoms with Crippen LogP contribution in [-0.4, -0.2) is 26.1 Å². The first-order valence-electron chi connectivity index (χ1n) is 6.46. The van der Waals surface area contributed by atoms with Crippen molar-refractivity contribution in [1.82, 2.24) is 4.73 Å².